The van der Waals surface area contributed by atoms with Crippen molar-refractivity contribution < 1.29 is 23.9 Å². The molecule has 0 fully saturated rings. The number of ether oxygens (including phenoxy) is 2. The van der Waals surface area contributed by atoms with Gasteiger partial charge >= 0.3 is 11.9 Å². The molecule has 1 amide bonds. The van der Waals surface area contributed by atoms with Gasteiger partial charge in [0.1, 0.15) is 18.6 Å². The van der Waals surface area contributed by atoms with Crippen molar-refractivity contribution in [3.05, 3.63) is 35.9 Å². The molecule has 6 nitrogen and oxygen atoms in total. The molecule has 0 N–H and O–H groups in total. The van der Waals surface area contributed by atoms with E-state index >= 15 is 0 Å². The van der Waals surface area contributed by atoms with Gasteiger partial charge < -0.3 is 14.4 Å². The number of amides is 1. The molecule has 1 aromatic rings. The van der Waals surface area contributed by atoms with Gasteiger partial charge in [-0.3, -0.25) is 14.4 Å². The Hall–Kier alpha value is -2.37. The first-order valence-electron chi connectivity index (χ1n) is 8.36. The van der Waals surface area contributed by atoms with E-state index in [-0.39, 0.29) is 19.2 Å². The Labute approximate surface area is 149 Å². The zero-order valence-corrected chi connectivity index (χ0v) is 15.6. The van der Waals surface area contributed by atoms with E-state index in [0.717, 1.165) is 5.56 Å². The smallest absolute Gasteiger partial charge is 0.325 e. The molecule has 6 heteroatoms. The molecular weight excluding hydrogens is 322 g/mol. The molecule has 0 heterocycles. The maximum Gasteiger partial charge on any atom is 0.325 e. The van der Waals surface area contributed by atoms with Crippen LogP contribution in [0.5, 0.6) is 0 Å². The lowest BCUT2D eigenvalue weighted by Gasteiger charge is -2.29. The van der Waals surface area contributed by atoms with Crippen LogP contribution in [-0.2, 0) is 23.9 Å². The van der Waals surface area contributed by atoms with Gasteiger partial charge in [0.15, 0.2) is 0 Å². The van der Waals surface area contributed by atoms with Crippen molar-refractivity contribution in [2.75, 3.05) is 13.2 Å². The maximum absolute atomic E-state index is 12.6. The van der Waals surface area contributed by atoms with Crippen LogP contribution in [0.1, 0.15) is 52.6 Å². The lowest BCUT2D eigenvalue weighted by Crippen LogP contribution is -2.40. The Morgan fingerprint density at radius 2 is 1.68 bits per heavy atom. The largest absolute Gasteiger partial charge is 0.465 e. The Kier molecular flexibility index (Phi) is 7.61. The van der Waals surface area contributed by atoms with E-state index in [1.807, 2.05) is 37.3 Å². The SMILES string of the molecule is CCOC(=O)CN(C(=O)CC(=O)OC(C)(C)C)[C@@H](C)c1ccccc1. The second kappa shape index (κ2) is 9.20. The number of hydrogen-bond donors (Lipinski definition) is 0. The molecular formula is C19H27NO5. The zero-order chi connectivity index (χ0) is 19.0. The fourth-order valence-corrected chi connectivity index (χ4v) is 2.30. The van der Waals surface area contributed by atoms with Crippen LogP contribution in [0, 0.1) is 0 Å². The van der Waals surface area contributed by atoms with Crippen molar-refractivity contribution in [2.45, 2.75) is 52.7 Å². The predicted octanol–water partition coefficient (Wildman–Crippen LogP) is 2.87. The summed E-state index contributed by atoms with van der Waals surface area (Å²) in [4.78, 5) is 37.8. The van der Waals surface area contributed by atoms with Gasteiger partial charge in [0.05, 0.1) is 12.6 Å². The lowest BCUT2D eigenvalue weighted by atomic mass is 10.1. The first kappa shape index (κ1) is 20.7. The number of nitrogens with zero attached hydrogens (tertiary/aromatic N) is 1. The topological polar surface area (TPSA) is 72.9 Å². The number of hydrogen-bond acceptors (Lipinski definition) is 5. The predicted molar refractivity (Wildman–Crippen MR) is 93.7 cm³/mol. The molecule has 0 aliphatic carbocycles. The highest BCUT2D eigenvalue weighted by Crippen LogP contribution is 2.21. The van der Waals surface area contributed by atoms with Gasteiger partial charge in [-0.1, -0.05) is 30.3 Å². The highest BCUT2D eigenvalue weighted by Gasteiger charge is 2.28. The summed E-state index contributed by atoms with van der Waals surface area (Å²) in [5.74, 6) is -1.60. The molecule has 0 aromatic heterocycles. The summed E-state index contributed by atoms with van der Waals surface area (Å²) in [6, 6.07) is 8.93. The Morgan fingerprint density at radius 3 is 2.20 bits per heavy atom. The normalized spacial score (nSPS) is 12.2. The third-order valence-electron chi connectivity index (χ3n) is 3.39. The van der Waals surface area contributed by atoms with E-state index in [2.05, 4.69) is 0 Å². The van der Waals surface area contributed by atoms with Gasteiger partial charge in [0.25, 0.3) is 0 Å². The van der Waals surface area contributed by atoms with Crippen LogP contribution in [-0.4, -0.2) is 41.5 Å². The Morgan fingerprint density at radius 1 is 1.08 bits per heavy atom. The minimum absolute atomic E-state index is 0.217. The average molecular weight is 349 g/mol. The summed E-state index contributed by atoms with van der Waals surface area (Å²) in [7, 11) is 0. The van der Waals surface area contributed by atoms with E-state index in [0.29, 0.717) is 0 Å². The Bertz CT molecular complexity index is 592. The van der Waals surface area contributed by atoms with E-state index in [4.69, 9.17) is 9.47 Å². The van der Waals surface area contributed by atoms with Gasteiger partial charge in [-0.2, -0.15) is 0 Å². The number of carbonyl (C=O) groups is 3. The summed E-state index contributed by atoms with van der Waals surface area (Å²) < 4.78 is 10.1. The van der Waals surface area contributed by atoms with Gasteiger partial charge in [0.2, 0.25) is 5.91 Å². The van der Waals surface area contributed by atoms with Crippen molar-refractivity contribution in [1.29, 1.82) is 0 Å². The molecule has 1 rings (SSSR count). The van der Waals surface area contributed by atoms with E-state index in [9.17, 15) is 14.4 Å². The van der Waals surface area contributed by atoms with Crippen LogP contribution in [0.2, 0.25) is 0 Å². The van der Waals surface area contributed by atoms with E-state index < -0.39 is 29.9 Å². The van der Waals surface area contributed by atoms with Gasteiger partial charge in [-0.25, -0.2) is 0 Å². The van der Waals surface area contributed by atoms with Gasteiger partial charge in [0, 0.05) is 0 Å². The van der Waals surface area contributed by atoms with Crippen LogP contribution in [0.4, 0.5) is 0 Å². The molecule has 138 valence electrons. The van der Waals surface area contributed by atoms with Crippen LogP contribution in [0.3, 0.4) is 0 Å². The number of carbonyl (C=O) groups excluding carboxylic acids is 3. The average Bonchev–Trinajstić information content (AvgIpc) is 2.51. The van der Waals surface area contributed by atoms with E-state index in [1.54, 1.807) is 27.7 Å². The minimum atomic E-state index is -0.672. The highest BCUT2D eigenvalue weighted by atomic mass is 16.6. The lowest BCUT2D eigenvalue weighted by molar-refractivity contribution is -0.160. The standard InChI is InChI=1S/C19H27NO5/c1-6-24-18(23)13-20(14(2)15-10-8-7-9-11-15)16(21)12-17(22)25-19(3,4)5/h7-11,14H,6,12-13H2,1-5H3/t14-/m0/s1. The third-order valence-corrected chi connectivity index (χ3v) is 3.39. The monoisotopic (exact) mass is 349 g/mol. The molecule has 0 saturated heterocycles. The van der Waals surface area contributed by atoms with Gasteiger partial charge in [-0.05, 0) is 40.2 Å². The molecule has 0 bridgehead atoms. The molecule has 0 radical (unpaired) electrons. The van der Waals surface area contributed by atoms with Gasteiger partial charge in [-0.15, -0.1) is 0 Å². The first-order valence-corrected chi connectivity index (χ1v) is 8.36. The number of benzene rings is 1. The van der Waals surface area contributed by atoms with Crippen molar-refractivity contribution in [3.8, 4) is 0 Å². The minimum Gasteiger partial charge on any atom is -0.465 e. The van der Waals surface area contributed by atoms with Crippen LogP contribution in [0.15, 0.2) is 30.3 Å². The second-order valence-corrected chi connectivity index (χ2v) is 6.68. The maximum atomic E-state index is 12.6. The molecule has 0 aliphatic heterocycles. The molecule has 0 unspecified atom stereocenters. The molecule has 0 saturated carbocycles. The van der Waals surface area contributed by atoms with Crippen LogP contribution < -0.4 is 0 Å². The first-order chi connectivity index (χ1) is 11.6. The third kappa shape index (κ3) is 7.37. The zero-order valence-electron chi connectivity index (χ0n) is 15.6. The van der Waals surface area contributed by atoms with E-state index in [1.165, 1.54) is 4.90 Å². The van der Waals surface area contributed by atoms with Crippen LogP contribution in [0.25, 0.3) is 0 Å². The summed E-state index contributed by atoms with van der Waals surface area (Å²) >= 11 is 0. The summed E-state index contributed by atoms with van der Waals surface area (Å²) in [5, 5.41) is 0. The van der Waals surface area contributed by atoms with Crippen molar-refractivity contribution >= 4 is 17.8 Å². The highest BCUT2D eigenvalue weighted by molar-refractivity contribution is 5.95. The van der Waals surface area contributed by atoms with Crippen molar-refractivity contribution in [2.24, 2.45) is 0 Å². The summed E-state index contributed by atoms with van der Waals surface area (Å²) in [6.45, 7) is 8.72. The Balaban J connectivity index is 2.91. The molecule has 1 atom stereocenters. The summed E-state index contributed by atoms with van der Waals surface area (Å²) in [6.07, 6.45) is -0.423. The molecule has 25 heavy (non-hydrogen) atoms. The fraction of sp³-hybridized carbons (Fsp3) is 0.526. The molecule has 0 spiro atoms. The number of esters is 2. The van der Waals surface area contributed by atoms with Crippen molar-refractivity contribution in [3.63, 3.8) is 0 Å². The second-order valence-electron chi connectivity index (χ2n) is 6.68. The fourth-order valence-electron chi connectivity index (χ4n) is 2.30. The number of rotatable bonds is 7. The van der Waals surface area contributed by atoms with Crippen LogP contribution >= 0.6 is 0 Å². The summed E-state index contributed by atoms with van der Waals surface area (Å²) in [5.41, 5.74) is 0.193. The molecule has 0 aliphatic rings. The quantitative estimate of drug-likeness (QED) is 0.559. The van der Waals surface area contributed by atoms with Crippen molar-refractivity contribution in [1.82, 2.24) is 4.90 Å². The molecule has 1 aromatic carbocycles.